The summed E-state index contributed by atoms with van der Waals surface area (Å²) < 4.78 is 0. The lowest BCUT2D eigenvalue weighted by atomic mass is 10.1. The van der Waals surface area contributed by atoms with Crippen molar-refractivity contribution in [2.75, 3.05) is 5.32 Å². The summed E-state index contributed by atoms with van der Waals surface area (Å²) >= 11 is 0. The number of benzene rings is 1. The normalized spacial score (nSPS) is 13.7. The first kappa shape index (κ1) is 12.9. The molecule has 3 rings (SSSR count). The van der Waals surface area contributed by atoms with Gasteiger partial charge in [0.05, 0.1) is 28.4 Å². The number of aromatic nitrogens is 1. The zero-order valence-corrected chi connectivity index (χ0v) is 10.8. The molecule has 0 spiro atoms. The summed E-state index contributed by atoms with van der Waals surface area (Å²) in [6.45, 7) is 0. The van der Waals surface area contributed by atoms with Crippen LogP contribution in [0.2, 0.25) is 0 Å². The van der Waals surface area contributed by atoms with Gasteiger partial charge in [-0.05, 0) is 12.1 Å². The Morgan fingerprint density at radius 2 is 2.14 bits per heavy atom. The fourth-order valence-corrected chi connectivity index (χ4v) is 2.06. The largest absolute Gasteiger partial charge is 0.324 e. The summed E-state index contributed by atoms with van der Waals surface area (Å²) in [5, 5.41) is 13.5. The number of carbonyl (C=O) groups excluding carboxylic acids is 1. The molecule has 2 aromatic rings. The van der Waals surface area contributed by atoms with Crippen molar-refractivity contribution in [3.8, 4) is 0 Å². The minimum absolute atomic E-state index is 0.0702. The van der Waals surface area contributed by atoms with Crippen LogP contribution in [-0.2, 0) is 4.79 Å². The second-order valence-corrected chi connectivity index (χ2v) is 4.48. The van der Waals surface area contributed by atoms with Crippen LogP contribution in [0.1, 0.15) is 12.0 Å². The Kier molecular flexibility index (Phi) is 3.15. The molecule has 7 nitrogen and oxygen atoms in total. The molecule has 7 heteroatoms. The minimum Gasteiger partial charge on any atom is -0.324 e. The number of hydrogen-bond donors (Lipinski definition) is 1. The number of hydrogen-bond acceptors (Lipinski definition) is 5. The highest BCUT2D eigenvalue weighted by atomic mass is 16.6. The Hall–Kier alpha value is -3.09. The zero-order chi connectivity index (χ0) is 14.8. The van der Waals surface area contributed by atoms with E-state index in [1.54, 1.807) is 24.5 Å². The van der Waals surface area contributed by atoms with Crippen LogP contribution in [0.15, 0.2) is 47.7 Å². The fraction of sp³-hybridized carbons (Fsp3) is 0.0714. The van der Waals surface area contributed by atoms with Gasteiger partial charge in [0.15, 0.2) is 0 Å². The predicted molar refractivity (Wildman–Crippen MR) is 76.8 cm³/mol. The summed E-state index contributed by atoms with van der Waals surface area (Å²) in [5.74, 6) is -0.217. The van der Waals surface area contributed by atoms with Gasteiger partial charge in [-0.25, -0.2) is 4.99 Å². The lowest BCUT2D eigenvalue weighted by molar-refractivity contribution is -0.384. The summed E-state index contributed by atoms with van der Waals surface area (Å²) in [6, 6.07) is 7.71. The third-order valence-electron chi connectivity index (χ3n) is 3.04. The fourth-order valence-electron chi connectivity index (χ4n) is 2.06. The van der Waals surface area contributed by atoms with E-state index in [0.717, 1.165) is 0 Å². The second-order valence-electron chi connectivity index (χ2n) is 4.48. The molecular formula is C14H10N4O3. The first-order valence-electron chi connectivity index (χ1n) is 6.20. The summed E-state index contributed by atoms with van der Waals surface area (Å²) in [5.41, 5.74) is 2.00. The van der Waals surface area contributed by atoms with Crippen LogP contribution in [0, 0.1) is 10.1 Å². The van der Waals surface area contributed by atoms with Gasteiger partial charge < -0.3 is 5.32 Å². The quantitative estimate of drug-likeness (QED) is 0.675. The average Bonchev–Trinajstić information content (AvgIpc) is 2.65. The number of rotatable bonds is 2. The molecule has 21 heavy (non-hydrogen) atoms. The number of nitro benzene ring substituents is 1. The molecule has 0 atom stereocenters. The Morgan fingerprint density at radius 1 is 1.29 bits per heavy atom. The van der Waals surface area contributed by atoms with Gasteiger partial charge in [-0.2, -0.15) is 0 Å². The number of pyridine rings is 1. The minimum atomic E-state index is -0.494. The van der Waals surface area contributed by atoms with Crippen LogP contribution in [0.4, 0.5) is 17.1 Å². The maximum absolute atomic E-state index is 11.9. The highest BCUT2D eigenvalue weighted by Gasteiger charge is 2.19. The molecule has 0 bridgehead atoms. The first-order valence-corrected chi connectivity index (χ1v) is 6.20. The van der Waals surface area contributed by atoms with Crippen LogP contribution in [0.5, 0.6) is 0 Å². The summed E-state index contributed by atoms with van der Waals surface area (Å²) in [4.78, 5) is 30.6. The van der Waals surface area contributed by atoms with Gasteiger partial charge in [-0.3, -0.25) is 19.9 Å². The predicted octanol–water partition coefficient (Wildman–Crippen LogP) is 2.45. The van der Waals surface area contributed by atoms with Crippen molar-refractivity contribution in [1.29, 1.82) is 0 Å². The third-order valence-corrected chi connectivity index (χ3v) is 3.04. The molecular weight excluding hydrogens is 272 g/mol. The number of nitrogens with zero attached hydrogens (tertiary/aromatic N) is 3. The monoisotopic (exact) mass is 282 g/mol. The number of aliphatic imine (C=N–C) groups is 1. The van der Waals surface area contributed by atoms with Gasteiger partial charge in [-0.15, -0.1) is 0 Å². The molecule has 1 amide bonds. The molecule has 1 aromatic carbocycles. The molecule has 0 fully saturated rings. The van der Waals surface area contributed by atoms with Crippen LogP contribution >= 0.6 is 0 Å². The Labute approximate surface area is 119 Å². The smallest absolute Gasteiger partial charge is 0.271 e. The molecule has 0 saturated heterocycles. The highest BCUT2D eigenvalue weighted by Crippen LogP contribution is 2.32. The Balaban J connectivity index is 2.12. The van der Waals surface area contributed by atoms with Crippen molar-refractivity contribution in [3.05, 3.63) is 58.4 Å². The maximum Gasteiger partial charge on any atom is 0.271 e. The number of anilines is 1. The first-order chi connectivity index (χ1) is 10.1. The molecule has 1 aliphatic heterocycles. The number of nitrogens with one attached hydrogen (secondary N) is 1. The van der Waals surface area contributed by atoms with Crippen LogP contribution in [-0.4, -0.2) is 21.5 Å². The van der Waals surface area contributed by atoms with Gasteiger partial charge in [0.25, 0.3) is 5.69 Å². The number of nitro groups is 1. The van der Waals surface area contributed by atoms with Crippen molar-refractivity contribution in [2.45, 2.75) is 6.42 Å². The van der Waals surface area contributed by atoms with Crippen molar-refractivity contribution < 1.29 is 9.72 Å². The second kappa shape index (κ2) is 5.12. The zero-order valence-electron chi connectivity index (χ0n) is 10.8. The van der Waals surface area contributed by atoms with E-state index in [1.807, 2.05) is 0 Å². The van der Waals surface area contributed by atoms with Crippen molar-refractivity contribution in [1.82, 2.24) is 4.98 Å². The van der Waals surface area contributed by atoms with Crippen molar-refractivity contribution in [3.63, 3.8) is 0 Å². The molecule has 1 N–H and O–H groups in total. The standard InChI is InChI=1S/C14H10N4O3/c19-14-7-12(9-2-1-5-15-8-9)16-13-6-10(18(20)21)3-4-11(13)17-14/h1-6,8H,7H2,(H,17,19). The number of carbonyl (C=O) groups is 1. The van der Waals surface area contributed by atoms with Crippen LogP contribution in [0.25, 0.3) is 0 Å². The van der Waals surface area contributed by atoms with E-state index in [2.05, 4.69) is 15.3 Å². The van der Waals surface area contributed by atoms with Crippen molar-refractivity contribution in [2.24, 2.45) is 4.99 Å². The van der Waals surface area contributed by atoms with E-state index in [9.17, 15) is 14.9 Å². The molecule has 0 radical (unpaired) electrons. The van der Waals surface area contributed by atoms with Gasteiger partial charge in [0.2, 0.25) is 5.91 Å². The number of non-ortho nitro benzene ring substituents is 1. The molecule has 1 aromatic heterocycles. The van der Waals surface area contributed by atoms with Gasteiger partial charge >= 0.3 is 0 Å². The summed E-state index contributed by atoms with van der Waals surface area (Å²) in [6.07, 6.45) is 3.32. The topological polar surface area (TPSA) is 97.5 Å². The lowest BCUT2D eigenvalue weighted by Crippen LogP contribution is -2.15. The average molecular weight is 282 g/mol. The van der Waals surface area contributed by atoms with E-state index in [0.29, 0.717) is 22.6 Å². The summed E-state index contributed by atoms with van der Waals surface area (Å²) in [7, 11) is 0. The highest BCUT2D eigenvalue weighted by molar-refractivity contribution is 6.16. The molecule has 0 saturated carbocycles. The Bertz CT molecular complexity index is 756. The van der Waals surface area contributed by atoms with E-state index < -0.39 is 4.92 Å². The van der Waals surface area contributed by atoms with Gasteiger partial charge in [-0.1, -0.05) is 6.07 Å². The lowest BCUT2D eigenvalue weighted by Gasteiger charge is -2.03. The van der Waals surface area contributed by atoms with E-state index in [1.165, 1.54) is 18.2 Å². The van der Waals surface area contributed by atoms with E-state index >= 15 is 0 Å². The molecule has 2 heterocycles. The van der Waals surface area contributed by atoms with E-state index in [4.69, 9.17) is 0 Å². The number of fused-ring (bicyclic) bond motifs is 1. The third kappa shape index (κ3) is 2.62. The SMILES string of the molecule is O=C1CC(c2cccnc2)=Nc2cc([N+](=O)[O-])ccc2N1. The maximum atomic E-state index is 11.9. The molecule has 104 valence electrons. The van der Waals surface area contributed by atoms with Crippen LogP contribution in [0.3, 0.4) is 0 Å². The van der Waals surface area contributed by atoms with Crippen LogP contribution < -0.4 is 5.32 Å². The van der Waals surface area contributed by atoms with E-state index in [-0.39, 0.29) is 18.0 Å². The van der Waals surface area contributed by atoms with Crippen molar-refractivity contribution >= 4 is 28.7 Å². The van der Waals surface area contributed by atoms with Gasteiger partial charge in [0, 0.05) is 30.1 Å². The number of amides is 1. The molecule has 1 aliphatic rings. The molecule has 0 unspecified atom stereocenters. The van der Waals surface area contributed by atoms with Gasteiger partial charge in [0.1, 0.15) is 0 Å². The Morgan fingerprint density at radius 3 is 2.86 bits per heavy atom. The molecule has 0 aliphatic carbocycles.